The lowest BCUT2D eigenvalue weighted by Crippen LogP contribution is -1.94. The maximum atomic E-state index is 10.6. The van der Waals surface area contributed by atoms with Gasteiger partial charge in [0.1, 0.15) is 0 Å². The number of hydrogen-bond acceptors (Lipinski definition) is 1. The topological polar surface area (TPSA) is 37.3 Å². The Morgan fingerprint density at radius 2 is 1.17 bits per heavy atom. The number of carboxylic acids is 1. The van der Waals surface area contributed by atoms with Crippen LogP contribution in [0.1, 0.15) is 110 Å². The molecule has 0 aliphatic heterocycles. The highest BCUT2D eigenvalue weighted by molar-refractivity contribution is 5.86. The number of carboxylic acid groups (broad SMARTS) is 1. The van der Waals surface area contributed by atoms with Crippen molar-refractivity contribution in [2.45, 2.75) is 110 Å². The molecular weight excluding hydrogens is 296 g/mol. The fraction of sp³-hybridized carbons (Fsp3) is 0.773. The summed E-state index contributed by atoms with van der Waals surface area (Å²) >= 11 is 0. The normalized spacial score (nSPS) is 12.2. The van der Waals surface area contributed by atoms with Gasteiger partial charge >= 0.3 is 5.97 Å². The fourth-order valence-corrected chi connectivity index (χ4v) is 2.84. The van der Waals surface area contributed by atoms with Crippen LogP contribution in [-0.2, 0) is 4.79 Å². The average molecular weight is 337 g/mol. The summed E-state index contributed by atoms with van der Waals surface area (Å²) in [5.74, 6) is -0.837. The second kappa shape index (κ2) is 18.3. The molecule has 1 N–H and O–H groups in total. The molecular formula is C22H40O2. The third kappa shape index (κ3) is 17.3. The van der Waals surface area contributed by atoms with Gasteiger partial charge in [-0.15, -0.1) is 0 Å². The van der Waals surface area contributed by atoms with Crippen molar-refractivity contribution >= 4 is 5.97 Å². The molecule has 24 heavy (non-hydrogen) atoms. The summed E-state index contributed by atoms with van der Waals surface area (Å²) in [5, 5.41) is 8.71. The van der Waals surface area contributed by atoms with Crippen LogP contribution in [0.2, 0.25) is 0 Å². The zero-order chi connectivity index (χ0) is 17.9. The van der Waals surface area contributed by atoms with Crippen molar-refractivity contribution in [3.05, 3.63) is 23.8 Å². The summed E-state index contributed by atoms with van der Waals surface area (Å²) < 4.78 is 0. The molecule has 0 atom stereocenters. The first kappa shape index (κ1) is 22.9. The van der Waals surface area contributed by atoms with Crippen molar-refractivity contribution in [1.82, 2.24) is 0 Å². The van der Waals surface area contributed by atoms with Gasteiger partial charge in [0, 0.05) is 5.57 Å². The van der Waals surface area contributed by atoms with Crippen LogP contribution >= 0.6 is 0 Å². The molecule has 0 radical (unpaired) electrons. The van der Waals surface area contributed by atoms with Crippen LogP contribution in [0, 0.1) is 0 Å². The molecule has 0 aliphatic carbocycles. The predicted octanol–water partition coefficient (Wildman–Crippen LogP) is 7.44. The molecule has 0 aromatic heterocycles. The Labute approximate surface area is 150 Å². The van der Waals surface area contributed by atoms with E-state index in [1.807, 2.05) is 6.08 Å². The maximum absolute atomic E-state index is 10.6. The fourth-order valence-electron chi connectivity index (χ4n) is 2.84. The van der Waals surface area contributed by atoms with Gasteiger partial charge in [0.25, 0.3) is 0 Å². The second-order valence-electron chi connectivity index (χ2n) is 6.97. The lowest BCUT2D eigenvalue weighted by atomic mass is 10.0. The van der Waals surface area contributed by atoms with Crippen molar-refractivity contribution < 1.29 is 9.90 Å². The summed E-state index contributed by atoms with van der Waals surface area (Å²) in [6.07, 6.45) is 26.1. The summed E-state index contributed by atoms with van der Waals surface area (Å²) in [6, 6.07) is 0. The van der Waals surface area contributed by atoms with E-state index in [1.165, 1.54) is 89.9 Å². The first-order valence-corrected chi connectivity index (χ1v) is 10.2. The molecule has 0 aliphatic rings. The van der Waals surface area contributed by atoms with E-state index in [0.717, 1.165) is 6.42 Å². The van der Waals surface area contributed by atoms with E-state index in [0.29, 0.717) is 5.57 Å². The van der Waals surface area contributed by atoms with Crippen molar-refractivity contribution in [3.63, 3.8) is 0 Å². The van der Waals surface area contributed by atoms with E-state index in [2.05, 4.69) is 13.0 Å². The number of unbranched alkanes of at least 4 members (excludes halogenated alkanes) is 14. The zero-order valence-electron chi connectivity index (χ0n) is 16.2. The predicted molar refractivity (Wildman–Crippen MR) is 105 cm³/mol. The van der Waals surface area contributed by atoms with Crippen molar-refractivity contribution in [3.8, 4) is 0 Å². The first-order chi connectivity index (χ1) is 11.7. The smallest absolute Gasteiger partial charge is 0.331 e. The number of allylic oxidation sites excluding steroid dienone is 3. The zero-order valence-corrected chi connectivity index (χ0v) is 16.2. The Morgan fingerprint density at radius 1 is 0.750 bits per heavy atom. The third-order valence-corrected chi connectivity index (χ3v) is 4.54. The molecule has 0 fully saturated rings. The molecule has 0 unspecified atom stereocenters. The number of aliphatic carboxylic acids is 1. The van der Waals surface area contributed by atoms with E-state index in [4.69, 9.17) is 5.11 Å². The molecule has 0 saturated heterocycles. The number of carbonyl (C=O) groups is 1. The Hall–Kier alpha value is -1.05. The van der Waals surface area contributed by atoms with Crippen LogP contribution in [-0.4, -0.2) is 11.1 Å². The molecule has 0 rings (SSSR count). The lowest BCUT2D eigenvalue weighted by Gasteiger charge is -2.02. The van der Waals surface area contributed by atoms with Gasteiger partial charge in [0.05, 0.1) is 0 Å². The molecule has 0 bridgehead atoms. The SMILES string of the molecule is CCCCCCCCCCCCCCCC/C=C/C=C(\C)C(=O)O. The molecule has 0 aromatic rings. The van der Waals surface area contributed by atoms with Gasteiger partial charge in [-0.25, -0.2) is 4.79 Å². The van der Waals surface area contributed by atoms with Crippen LogP contribution < -0.4 is 0 Å². The Morgan fingerprint density at radius 3 is 1.58 bits per heavy atom. The van der Waals surface area contributed by atoms with Gasteiger partial charge in [-0.05, 0) is 19.8 Å². The Kier molecular flexibility index (Phi) is 17.5. The monoisotopic (exact) mass is 336 g/mol. The van der Waals surface area contributed by atoms with Crippen LogP contribution in [0.4, 0.5) is 0 Å². The molecule has 140 valence electrons. The summed E-state index contributed by atoms with van der Waals surface area (Å²) in [4.78, 5) is 10.6. The van der Waals surface area contributed by atoms with Gasteiger partial charge < -0.3 is 5.11 Å². The Bertz CT molecular complexity index is 342. The second-order valence-corrected chi connectivity index (χ2v) is 6.97. The highest BCUT2D eigenvalue weighted by atomic mass is 16.4. The molecule has 0 saturated carbocycles. The molecule has 0 spiro atoms. The van der Waals surface area contributed by atoms with Gasteiger partial charge in [0.2, 0.25) is 0 Å². The van der Waals surface area contributed by atoms with Gasteiger partial charge in [-0.2, -0.15) is 0 Å². The number of hydrogen-bond donors (Lipinski definition) is 1. The minimum Gasteiger partial charge on any atom is -0.478 e. The van der Waals surface area contributed by atoms with Crippen LogP contribution in [0.15, 0.2) is 23.8 Å². The van der Waals surface area contributed by atoms with E-state index in [9.17, 15) is 4.79 Å². The van der Waals surface area contributed by atoms with E-state index >= 15 is 0 Å². The molecule has 0 aromatic carbocycles. The minimum absolute atomic E-state index is 0.396. The van der Waals surface area contributed by atoms with Crippen molar-refractivity contribution in [2.24, 2.45) is 0 Å². The molecule has 2 heteroatoms. The van der Waals surface area contributed by atoms with Crippen LogP contribution in [0.5, 0.6) is 0 Å². The molecule has 0 amide bonds. The van der Waals surface area contributed by atoms with Gasteiger partial charge in [0.15, 0.2) is 0 Å². The standard InChI is InChI=1S/C22H40O2/c1-3-4-5-6-7-8-9-10-11-12-13-14-15-16-17-18-19-20-21(2)22(23)24/h18-20H,3-17H2,1-2H3,(H,23,24)/b19-18+,21-20+. The lowest BCUT2D eigenvalue weighted by molar-refractivity contribution is -0.132. The van der Waals surface area contributed by atoms with Crippen molar-refractivity contribution in [2.75, 3.05) is 0 Å². The largest absolute Gasteiger partial charge is 0.478 e. The van der Waals surface area contributed by atoms with Gasteiger partial charge in [-0.1, -0.05) is 109 Å². The summed E-state index contributed by atoms with van der Waals surface area (Å²) in [6.45, 7) is 3.90. The molecule has 2 nitrogen and oxygen atoms in total. The van der Waals surface area contributed by atoms with E-state index in [-0.39, 0.29) is 0 Å². The van der Waals surface area contributed by atoms with E-state index in [1.54, 1.807) is 13.0 Å². The Balaban J connectivity index is 3.19. The van der Waals surface area contributed by atoms with Crippen molar-refractivity contribution in [1.29, 1.82) is 0 Å². The van der Waals surface area contributed by atoms with Crippen LogP contribution in [0.3, 0.4) is 0 Å². The maximum Gasteiger partial charge on any atom is 0.331 e. The highest BCUT2D eigenvalue weighted by Crippen LogP contribution is 2.13. The third-order valence-electron chi connectivity index (χ3n) is 4.54. The van der Waals surface area contributed by atoms with Crippen LogP contribution in [0.25, 0.3) is 0 Å². The summed E-state index contributed by atoms with van der Waals surface area (Å²) in [5.41, 5.74) is 0.396. The quantitative estimate of drug-likeness (QED) is 0.170. The molecule has 0 heterocycles. The first-order valence-electron chi connectivity index (χ1n) is 10.2. The summed E-state index contributed by atoms with van der Waals surface area (Å²) in [7, 11) is 0. The average Bonchev–Trinajstić information content (AvgIpc) is 2.57. The van der Waals surface area contributed by atoms with Gasteiger partial charge in [-0.3, -0.25) is 0 Å². The minimum atomic E-state index is -0.837. The number of rotatable bonds is 17. The van der Waals surface area contributed by atoms with E-state index < -0.39 is 5.97 Å². The highest BCUT2D eigenvalue weighted by Gasteiger charge is 1.96.